The molecule has 3 nitrogen and oxygen atoms in total. The van der Waals surface area contributed by atoms with Crippen LogP contribution < -0.4 is 5.32 Å². The van der Waals surface area contributed by atoms with Crippen LogP contribution in [0.3, 0.4) is 0 Å². The molecule has 0 aliphatic carbocycles. The number of alkyl halides is 6. The van der Waals surface area contributed by atoms with E-state index >= 15 is 0 Å². The maximum atomic E-state index is 13.0. The second kappa shape index (κ2) is 8.73. The van der Waals surface area contributed by atoms with E-state index in [0.29, 0.717) is 25.3 Å². The predicted octanol–water partition coefficient (Wildman–Crippen LogP) is 4.97. The molecule has 0 saturated carbocycles. The van der Waals surface area contributed by atoms with Crippen LogP contribution in [0.1, 0.15) is 28.3 Å². The highest BCUT2D eigenvalue weighted by Crippen LogP contribution is 2.36. The summed E-state index contributed by atoms with van der Waals surface area (Å²) in [6.45, 7) is 0.895. The zero-order valence-corrected chi connectivity index (χ0v) is 15.2. The predicted molar refractivity (Wildman–Crippen MR) is 93.0 cm³/mol. The molecule has 1 heterocycles. The summed E-state index contributed by atoms with van der Waals surface area (Å²) in [4.78, 5) is 0. The van der Waals surface area contributed by atoms with Crippen LogP contribution in [-0.4, -0.2) is 26.0 Å². The Labute approximate surface area is 163 Å². The number of ether oxygens (including phenoxy) is 2. The Bertz CT molecular complexity index is 775. The smallest absolute Gasteiger partial charge is 0.350 e. The Morgan fingerprint density at radius 2 is 1.55 bits per heavy atom. The van der Waals surface area contributed by atoms with Crippen molar-refractivity contribution in [3.8, 4) is 0 Å². The minimum atomic E-state index is -4.87. The Balaban J connectivity index is 1.70. The minimum Gasteiger partial charge on any atom is -0.350 e. The molecule has 0 aromatic heterocycles. The fourth-order valence-electron chi connectivity index (χ4n) is 3.12. The van der Waals surface area contributed by atoms with Crippen molar-refractivity contribution in [3.63, 3.8) is 0 Å². The van der Waals surface area contributed by atoms with Gasteiger partial charge in [-0.05, 0) is 35.7 Å². The van der Waals surface area contributed by atoms with E-state index in [-0.39, 0.29) is 30.7 Å². The number of halogens is 6. The lowest BCUT2D eigenvalue weighted by Gasteiger charge is -2.33. The molecule has 2 atom stereocenters. The van der Waals surface area contributed by atoms with Gasteiger partial charge in [0.15, 0.2) is 6.29 Å². The summed E-state index contributed by atoms with van der Waals surface area (Å²) >= 11 is 0. The van der Waals surface area contributed by atoms with Crippen molar-refractivity contribution in [2.45, 2.75) is 31.1 Å². The van der Waals surface area contributed by atoms with E-state index in [1.165, 1.54) is 0 Å². The number of nitrogens with one attached hydrogen (secondary N) is 1. The minimum absolute atomic E-state index is 0.0890. The quantitative estimate of drug-likeness (QED) is 0.695. The first-order valence-electron chi connectivity index (χ1n) is 8.94. The first-order chi connectivity index (χ1) is 13.6. The molecule has 9 heteroatoms. The van der Waals surface area contributed by atoms with Crippen LogP contribution in [0.5, 0.6) is 0 Å². The van der Waals surface area contributed by atoms with Gasteiger partial charge in [0, 0.05) is 6.54 Å². The second-order valence-corrected chi connectivity index (χ2v) is 6.62. The zero-order chi connectivity index (χ0) is 21.1. The van der Waals surface area contributed by atoms with Crippen molar-refractivity contribution in [2.24, 2.45) is 0 Å². The molecule has 2 aromatic rings. The van der Waals surface area contributed by atoms with Crippen molar-refractivity contribution >= 4 is 0 Å². The molecule has 1 saturated heterocycles. The van der Waals surface area contributed by atoms with Gasteiger partial charge in [-0.2, -0.15) is 26.3 Å². The molecule has 29 heavy (non-hydrogen) atoms. The maximum absolute atomic E-state index is 13.0. The van der Waals surface area contributed by atoms with Crippen molar-refractivity contribution < 1.29 is 35.8 Å². The van der Waals surface area contributed by atoms with Gasteiger partial charge in [0.25, 0.3) is 0 Å². The van der Waals surface area contributed by atoms with Crippen LogP contribution >= 0.6 is 0 Å². The van der Waals surface area contributed by atoms with Gasteiger partial charge in [-0.25, -0.2) is 0 Å². The lowest BCUT2D eigenvalue weighted by molar-refractivity contribution is -0.177. The largest absolute Gasteiger partial charge is 0.416 e. The van der Waals surface area contributed by atoms with Gasteiger partial charge >= 0.3 is 12.4 Å². The maximum Gasteiger partial charge on any atom is 0.416 e. The van der Waals surface area contributed by atoms with Crippen molar-refractivity contribution in [1.82, 2.24) is 5.32 Å². The van der Waals surface area contributed by atoms with Crippen molar-refractivity contribution in [2.75, 3.05) is 19.8 Å². The molecule has 3 rings (SSSR count). The van der Waals surface area contributed by atoms with Gasteiger partial charge in [0.2, 0.25) is 0 Å². The first-order valence-corrected chi connectivity index (χ1v) is 8.94. The van der Waals surface area contributed by atoms with Crippen LogP contribution in [0.15, 0.2) is 48.5 Å². The van der Waals surface area contributed by atoms with Gasteiger partial charge in [-0.1, -0.05) is 30.3 Å². The van der Waals surface area contributed by atoms with Gasteiger partial charge in [-0.15, -0.1) is 0 Å². The number of hydrogen-bond acceptors (Lipinski definition) is 3. The van der Waals surface area contributed by atoms with Crippen molar-refractivity contribution in [1.29, 1.82) is 0 Å². The molecule has 0 spiro atoms. The summed E-state index contributed by atoms with van der Waals surface area (Å²) < 4.78 is 89.0. The van der Waals surface area contributed by atoms with E-state index in [4.69, 9.17) is 9.47 Å². The molecule has 1 aliphatic rings. The third-order valence-electron chi connectivity index (χ3n) is 4.50. The van der Waals surface area contributed by atoms with E-state index in [1.54, 1.807) is 0 Å². The third-order valence-corrected chi connectivity index (χ3v) is 4.50. The lowest BCUT2D eigenvalue weighted by Crippen LogP contribution is -2.43. The highest BCUT2D eigenvalue weighted by atomic mass is 19.4. The SMILES string of the molecule is FC(F)(F)c1cc(CCOC2OCCNC2c2ccccc2)cc(C(F)(F)F)c1. The normalized spacial score (nSPS) is 20.6. The molecule has 2 aromatic carbocycles. The summed E-state index contributed by atoms with van der Waals surface area (Å²) in [7, 11) is 0. The lowest BCUT2D eigenvalue weighted by atomic mass is 10.0. The highest BCUT2D eigenvalue weighted by Gasteiger charge is 2.37. The summed E-state index contributed by atoms with van der Waals surface area (Å²) in [5, 5.41) is 3.24. The van der Waals surface area contributed by atoms with Crippen LogP contribution in [0.4, 0.5) is 26.3 Å². The standard InChI is InChI=1S/C20H19F6NO2/c21-19(22,23)15-10-13(11-16(12-15)20(24,25)26)6-8-28-18-17(27-7-9-29-18)14-4-2-1-3-5-14/h1-5,10-12,17-18,27H,6-9H2. The first kappa shape index (κ1) is 21.6. The summed E-state index contributed by atoms with van der Waals surface area (Å²) in [5.41, 5.74) is -1.86. The highest BCUT2D eigenvalue weighted by molar-refractivity contribution is 5.33. The molecule has 0 amide bonds. The van der Waals surface area contributed by atoms with E-state index in [9.17, 15) is 26.3 Å². The van der Waals surface area contributed by atoms with Gasteiger partial charge in [-0.3, -0.25) is 0 Å². The Kier molecular flexibility index (Phi) is 6.50. The van der Waals surface area contributed by atoms with Gasteiger partial charge in [0.05, 0.1) is 30.4 Å². The molecular weight excluding hydrogens is 400 g/mol. The number of hydrogen-bond donors (Lipinski definition) is 1. The van der Waals surface area contributed by atoms with Crippen LogP contribution in [0, 0.1) is 0 Å². The van der Waals surface area contributed by atoms with E-state index < -0.39 is 29.8 Å². The van der Waals surface area contributed by atoms with Crippen LogP contribution in [0.25, 0.3) is 0 Å². The molecular formula is C20H19F6NO2. The van der Waals surface area contributed by atoms with Crippen LogP contribution in [-0.2, 0) is 28.2 Å². The Morgan fingerprint density at radius 1 is 0.931 bits per heavy atom. The van der Waals surface area contributed by atoms with Gasteiger partial charge < -0.3 is 14.8 Å². The van der Waals surface area contributed by atoms with Crippen molar-refractivity contribution in [3.05, 3.63) is 70.8 Å². The Hall–Kier alpha value is -2.10. The molecule has 0 radical (unpaired) electrons. The zero-order valence-electron chi connectivity index (χ0n) is 15.2. The Morgan fingerprint density at radius 3 is 2.14 bits per heavy atom. The summed E-state index contributed by atoms with van der Waals surface area (Å²) in [6, 6.07) is 10.6. The fourth-order valence-corrected chi connectivity index (χ4v) is 3.12. The average Bonchev–Trinajstić information content (AvgIpc) is 2.67. The summed E-state index contributed by atoms with van der Waals surface area (Å²) in [6.07, 6.45) is -10.6. The summed E-state index contributed by atoms with van der Waals surface area (Å²) in [5.74, 6) is 0. The van der Waals surface area contributed by atoms with Crippen LogP contribution in [0.2, 0.25) is 0 Å². The second-order valence-electron chi connectivity index (χ2n) is 6.62. The van der Waals surface area contributed by atoms with E-state index in [2.05, 4.69) is 5.32 Å². The third kappa shape index (κ3) is 5.71. The van der Waals surface area contributed by atoms with E-state index in [0.717, 1.165) is 5.56 Å². The van der Waals surface area contributed by atoms with Gasteiger partial charge in [0.1, 0.15) is 0 Å². The van der Waals surface area contributed by atoms with E-state index in [1.807, 2.05) is 30.3 Å². The number of rotatable bonds is 5. The molecule has 0 bridgehead atoms. The monoisotopic (exact) mass is 419 g/mol. The number of benzene rings is 2. The molecule has 1 fully saturated rings. The fraction of sp³-hybridized carbons (Fsp3) is 0.400. The molecule has 2 unspecified atom stereocenters. The average molecular weight is 419 g/mol. The molecule has 1 aliphatic heterocycles. The topological polar surface area (TPSA) is 30.5 Å². The molecule has 158 valence electrons. The molecule has 1 N–H and O–H groups in total. The number of morpholine rings is 1.